The molecule has 0 aliphatic carbocycles. The molecular weight excluding hydrogens is 364 g/mol. The lowest BCUT2D eigenvalue weighted by atomic mass is 10.0. The molecule has 0 unspecified atom stereocenters. The van der Waals surface area contributed by atoms with Gasteiger partial charge in [-0.25, -0.2) is 4.98 Å². The van der Waals surface area contributed by atoms with Gasteiger partial charge in [-0.1, -0.05) is 12.1 Å². The Morgan fingerprint density at radius 1 is 1.26 bits per heavy atom. The molecule has 6 nitrogen and oxygen atoms in total. The van der Waals surface area contributed by atoms with Crippen LogP contribution in [0.1, 0.15) is 25.6 Å². The molecule has 0 saturated carbocycles. The summed E-state index contributed by atoms with van der Waals surface area (Å²) in [5.41, 5.74) is 1.53. The third-order valence-electron chi connectivity index (χ3n) is 3.98. The summed E-state index contributed by atoms with van der Waals surface area (Å²) in [6.45, 7) is 7.89. The van der Waals surface area contributed by atoms with Crippen molar-refractivity contribution in [2.75, 3.05) is 6.61 Å². The average Bonchev–Trinajstić information content (AvgIpc) is 2.95. The van der Waals surface area contributed by atoms with Crippen molar-refractivity contribution in [1.82, 2.24) is 9.55 Å². The maximum Gasteiger partial charge on any atom is 0.326 e. The van der Waals surface area contributed by atoms with Crippen LogP contribution in [0.25, 0.3) is 21.3 Å². The molecule has 142 valence electrons. The molecule has 0 aliphatic rings. The van der Waals surface area contributed by atoms with Crippen LogP contribution in [0.4, 0.5) is 0 Å². The lowest BCUT2D eigenvalue weighted by Crippen LogP contribution is -2.26. The minimum Gasteiger partial charge on any atom is -0.494 e. The second-order valence-corrected chi connectivity index (χ2v) is 7.59. The SMILES string of the molecule is CCOc1ccc(-c2c(C)sc3ncn(CC(=O)OC(C)C)c(=O)c23)cc1. The first-order chi connectivity index (χ1) is 12.9. The number of carbonyl (C=O) groups excluding carboxylic acids is 1. The molecule has 3 rings (SSSR count). The molecule has 0 bridgehead atoms. The van der Waals surface area contributed by atoms with Crippen LogP contribution in [0.5, 0.6) is 5.75 Å². The fourth-order valence-electron chi connectivity index (χ4n) is 2.92. The number of thiophene rings is 1. The van der Waals surface area contributed by atoms with E-state index in [1.165, 1.54) is 22.2 Å². The molecule has 0 saturated heterocycles. The number of hydrogen-bond donors (Lipinski definition) is 0. The van der Waals surface area contributed by atoms with Gasteiger partial charge >= 0.3 is 5.97 Å². The van der Waals surface area contributed by atoms with Crippen LogP contribution in [-0.4, -0.2) is 28.2 Å². The Labute approximate surface area is 161 Å². The van der Waals surface area contributed by atoms with Crippen LogP contribution >= 0.6 is 11.3 Å². The molecule has 1 aromatic carbocycles. The lowest BCUT2D eigenvalue weighted by molar-refractivity contribution is -0.148. The highest BCUT2D eigenvalue weighted by Gasteiger charge is 2.18. The molecule has 3 aromatic rings. The number of esters is 1. The van der Waals surface area contributed by atoms with Crippen molar-refractivity contribution in [2.45, 2.75) is 40.3 Å². The maximum atomic E-state index is 13.0. The number of benzene rings is 1. The molecule has 0 radical (unpaired) electrons. The van der Waals surface area contributed by atoms with Gasteiger partial charge in [0, 0.05) is 10.4 Å². The number of aromatic nitrogens is 2. The normalized spacial score (nSPS) is 11.1. The lowest BCUT2D eigenvalue weighted by Gasteiger charge is -2.09. The van der Waals surface area contributed by atoms with Crippen molar-refractivity contribution >= 4 is 27.5 Å². The van der Waals surface area contributed by atoms with E-state index in [1.807, 2.05) is 38.1 Å². The van der Waals surface area contributed by atoms with Gasteiger partial charge in [-0.3, -0.25) is 14.2 Å². The van der Waals surface area contributed by atoms with E-state index in [0.29, 0.717) is 16.8 Å². The molecule has 2 aromatic heterocycles. The monoisotopic (exact) mass is 386 g/mol. The Bertz CT molecular complexity index is 1020. The van der Waals surface area contributed by atoms with Crippen molar-refractivity contribution < 1.29 is 14.3 Å². The fraction of sp³-hybridized carbons (Fsp3) is 0.350. The van der Waals surface area contributed by atoms with Gasteiger partial charge in [0.2, 0.25) is 0 Å². The van der Waals surface area contributed by atoms with Crippen molar-refractivity contribution in [3.8, 4) is 16.9 Å². The van der Waals surface area contributed by atoms with Crippen LogP contribution in [0.2, 0.25) is 0 Å². The quantitative estimate of drug-likeness (QED) is 0.603. The first kappa shape index (κ1) is 19.1. The topological polar surface area (TPSA) is 70.4 Å². The number of carbonyl (C=O) groups is 1. The molecule has 0 fully saturated rings. The van der Waals surface area contributed by atoms with E-state index < -0.39 is 5.97 Å². The smallest absolute Gasteiger partial charge is 0.326 e. The Morgan fingerprint density at radius 3 is 2.59 bits per heavy atom. The molecule has 0 N–H and O–H groups in total. The average molecular weight is 386 g/mol. The second kappa shape index (κ2) is 7.92. The molecule has 2 heterocycles. The molecule has 0 amide bonds. The van der Waals surface area contributed by atoms with E-state index in [1.54, 1.807) is 13.8 Å². The third-order valence-corrected chi connectivity index (χ3v) is 4.99. The summed E-state index contributed by atoms with van der Waals surface area (Å²) < 4.78 is 11.9. The zero-order valence-electron chi connectivity index (χ0n) is 15.8. The van der Waals surface area contributed by atoms with E-state index in [2.05, 4.69) is 4.98 Å². The highest BCUT2D eigenvalue weighted by molar-refractivity contribution is 7.19. The zero-order chi connectivity index (χ0) is 19.6. The van der Waals surface area contributed by atoms with E-state index in [9.17, 15) is 9.59 Å². The molecule has 7 heteroatoms. The summed E-state index contributed by atoms with van der Waals surface area (Å²) in [6, 6.07) is 7.64. The van der Waals surface area contributed by atoms with Crippen LogP contribution < -0.4 is 10.3 Å². The third kappa shape index (κ3) is 4.03. The summed E-state index contributed by atoms with van der Waals surface area (Å²) in [4.78, 5) is 31.0. The minimum absolute atomic E-state index is 0.155. The van der Waals surface area contributed by atoms with Gasteiger partial charge in [-0.2, -0.15) is 0 Å². The summed E-state index contributed by atoms with van der Waals surface area (Å²) in [6.07, 6.45) is 1.18. The van der Waals surface area contributed by atoms with Crippen LogP contribution in [-0.2, 0) is 16.1 Å². The van der Waals surface area contributed by atoms with Crippen molar-refractivity contribution in [3.63, 3.8) is 0 Å². The summed E-state index contributed by atoms with van der Waals surface area (Å²) in [5.74, 6) is 0.327. The van der Waals surface area contributed by atoms with Crippen molar-refractivity contribution in [2.24, 2.45) is 0 Å². The number of aryl methyl sites for hydroxylation is 1. The molecule has 27 heavy (non-hydrogen) atoms. The van der Waals surface area contributed by atoms with E-state index in [-0.39, 0.29) is 18.2 Å². The number of rotatable bonds is 6. The minimum atomic E-state index is -0.456. The number of ether oxygens (including phenoxy) is 2. The highest BCUT2D eigenvalue weighted by atomic mass is 32.1. The molecule has 0 spiro atoms. The highest BCUT2D eigenvalue weighted by Crippen LogP contribution is 2.36. The van der Waals surface area contributed by atoms with Gasteiger partial charge < -0.3 is 9.47 Å². The summed E-state index contributed by atoms with van der Waals surface area (Å²) >= 11 is 1.47. The van der Waals surface area contributed by atoms with Crippen LogP contribution in [0.15, 0.2) is 35.4 Å². The first-order valence-electron chi connectivity index (χ1n) is 8.82. The van der Waals surface area contributed by atoms with Crippen LogP contribution in [0.3, 0.4) is 0 Å². The number of fused-ring (bicyclic) bond motifs is 1. The van der Waals surface area contributed by atoms with Crippen molar-refractivity contribution in [1.29, 1.82) is 0 Å². The Balaban J connectivity index is 2.05. The van der Waals surface area contributed by atoms with Gasteiger partial charge in [-0.15, -0.1) is 11.3 Å². The standard InChI is InChI=1S/C20H22N2O4S/c1-5-25-15-8-6-14(7-9-15)17-13(4)27-19-18(17)20(24)22(11-21-19)10-16(23)26-12(2)3/h6-9,11-12H,5,10H2,1-4H3. The predicted molar refractivity (Wildman–Crippen MR) is 106 cm³/mol. The van der Waals surface area contributed by atoms with Gasteiger partial charge in [0.1, 0.15) is 17.1 Å². The number of hydrogen-bond acceptors (Lipinski definition) is 6. The fourth-order valence-corrected chi connectivity index (χ4v) is 3.92. The number of nitrogens with zero attached hydrogens (tertiary/aromatic N) is 2. The summed E-state index contributed by atoms with van der Waals surface area (Å²) in [5, 5.41) is 0.529. The molecular formula is C20H22N2O4S. The molecule has 0 aliphatic heterocycles. The van der Waals surface area contributed by atoms with Gasteiger partial charge in [0.15, 0.2) is 0 Å². The first-order valence-corrected chi connectivity index (χ1v) is 9.63. The van der Waals surface area contributed by atoms with Gasteiger partial charge in [-0.05, 0) is 45.4 Å². The maximum absolute atomic E-state index is 13.0. The van der Waals surface area contributed by atoms with E-state index in [4.69, 9.17) is 9.47 Å². The van der Waals surface area contributed by atoms with Gasteiger partial charge in [0.05, 0.1) is 24.4 Å². The summed E-state index contributed by atoms with van der Waals surface area (Å²) in [7, 11) is 0. The zero-order valence-corrected chi connectivity index (χ0v) is 16.6. The Morgan fingerprint density at radius 2 is 1.96 bits per heavy atom. The van der Waals surface area contributed by atoms with E-state index in [0.717, 1.165) is 21.8 Å². The van der Waals surface area contributed by atoms with Crippen LogP contribution in [0, 0.1) is 6.92 Å². The van der Waals surface area contributed by atoms with Crippen molar-refractivity contribution in [3.05, 3.63) is 45.8 Å². The van der Waals surface area contributed by atoms with Gasteiger partial charge in [0.25, 0.3) is 5.56 Å². The van der Waals surface area contributed by atoms with E-state index >= 15 is 0 Å². The predicted octanol–water partition coefficient (Wildman–Crippen LogP) is 3.78. The Kier molecular flexibility index (Phi) is 5.60. The molecule has 0 atom stereocenters. The largest absolute Gasteiger partial charge is 0.494 e. The Hall–Kier alpha value is -2.67. The second-order valence-electron chi connectivity index (χ2n) is 6.39.